The largest absolute Gasteiger partial charge is 0.490 e. The Morgan fingerprint density at radius 3 is 2.39 bits per heavy atom. The Morgan fingerprint density at radius 1 is 1.11 bits per heavy atom. The average Bonchev–Trinajstić information content (AvgIpc) is 3.25. The van der Waals surface area contributed by atoms with Crippen molar-refractivity contribution in [3.05, 3.63) is 75.2 Å². The molecule has 0 saturated heterocycles. The second kappa shape index (κ2) is 12.3. The molecule has 0 aliphatic heterocycles. The van der Waals surface area contributed by atoms with Gasteiger partial charge in [0, 0.05) is 42.2 Å². The molecule has 0 bridgehead atoms. The van der Waals surface area contributed by atoms with Gasteiger partial charge >= 0.3 is 18.1 Å². The molecule has 4 rings (SSSR count). The van der Waals surface area contributed by atoms with Crippen LogP contribution in [0.1, 0.15) is 33.6 Å². The van der Waals surface area contributed by atoms with E-state index in [2.05, 4.69) is 15.4 Å². The number of alkyl halides is 3. The minimum absolute atomic E-state index is 0.0896. The van der Waals surface area contributed by atoms with E-state index in [-0.39, 0.29) is 11.4 Å². The molecule has 11 nitrogen and oxygen atoms in total. The predicted molar refractivity (Wildman–Crippen MR) is 128 cm³/mol. The van der Waals surface area contributed by atoms with Crippen LogP contribution in [0.5, 0.6) is 0 Å². The summed E-state index contributed by atoms with van der Waals surface area (Å²) < 4.78 is 33.3. The lowest BCUT2D eigenvalue weighted by atomic mass is 9.90. The number of aliphatic carboxylic acids is 1. The number of nitrogens with zero attached hydrogens (tertiary/aromatic N) is 4. The number of fused-ring (bicyclic) bond motifs is 3. The summed E-state index contributed by atoms with van der Waals surface area (Å²) in [6, 6.07) is 8.45. The number of halogens is 3. The number of aryl methyl sites for hydroxylation is 2. The van der Waals surface area contributed by atoms with E-state index in [4.69, 9.17) is 9.90 Å². The standard InChI is InChI=1S/C22H23N5O4.C2HF3O2/c28-22(29)21-19-7-4-16-14-24-12-9-18(16)20(19)25-26(21)13-1-10-23-11-8-15-2-5-17(6-3-15)27(30)31;3-2(4,5)1(6)7/h2-3,5-6,9,12,14,23H,1,4,7-8,10-11,13H2,(H,28,29);(H,6,7). The number of nitro groups is 1. The van der Waals surface area contributed by atoms with E-state index in [0.717, 1.165) is 60.3 Å². The van der Waals surface area contributed by atoms with E-state index in [1.807, 2.05) is 12.3 Å². The van der Waals surface area contributed by atoms with Crippen LogP contribution in [0.15, 0.2) is 42.7 Å². The van der Waals surface area contributed by atoms with Crippen molar-refractivity contribution < 1.29 is 37.9 Å². The number of rotatable bonds is 9. The van der Waals surface area contributed by atoms with Gasteiger partial charge in [-0.25, -0.2) is 9.59 Å². The molecule has 2 heterocycles. The molecule has 202 valence electrons. The van der Waals surface area contributed by atoms with Crippen LogP contribution in [-0.4, -0.2) is 61.1 Å². The number of aromatic carboxylic acids is 1. The van der Waals surface area contributed by atoms with Crippen molar-refractivity contribution in [2.24, 2.45) is 0 Å². The van der Waals surface area contributed by atoms with Crippen LogP contribution in [0.4, 0.5) is 18.9 Å². The summed E-state index contributed by atoms with van der Waals surface area (Å²) in [6.45, 7) is 1.97. The fraction of sp³-hybridized carbons (Fsp3) is 0.333. The first kappa shape index (κ1) is 28.2. The molecule has 38 heavy (non-hydrogen) atoms. The number of carboxylic acids is 2. The second-order valence-corrected chi connectivity index (χ2v) is 8.32. The van der Waals surface area contributed by atoms with Crippen LogP contribution in [0, 0.1) is 10.1 Å². The van der Waals surface area contributed by atoms with Crippen molar-refractivity contribution in [1.29, 1.82) is 0 Å². The van der Waals surface area contributed by atoms with Crippen LogP contribution < -0.4 is 5.32 Å². The van der Waals surface area contributed by atoms with Gasteiger partial charge in [0.15, 0.2) is 0 Å². The number of aromatic nitrogens is 3. The quantitative estimate of drug-likeness (QED) is 0.212. The molecule has 1 aliphatic rings. The maximum Gasteiger partial charge on any atom is 0.490 e. The molecule has 0 radical (unpaired) electrons. The highest BCUT2D eigenvalue weighted by molar-refractivity contribution is 5.90. The first-order chi connectivity index (χ1) is 18.0. The van der Waals surface area contributed by atoms with E-state index in [0.29, 0.717) is 13.0 Å². The lowest BCUT2D eigenvalue weighted by Crippen LogP contribution is -2.21. The Morgan fingerprint density at radius 2 is 1.79 bits per heavy atom. The van der Waals surface area contributed by atoms with E-state index in [1.54, 1.807) is 23.0 Å². The zero-order valence-corrected chi connectivity index (χ0v) is 19.9. The van der Waals surface area contributed by atoms with Gasteiger partial charge in [-0.3, -0.25) is 19.8 Å². The van der Waals surface area contributed by atoms with E-state index < -0.39 is 23.0 Å². The molecule has 14 heteroatoms. The van der Waals surface area contributed by atoms with Gasteiger partial charge in [0.05, 0.1) is 10.6 Å². The van der Waals surface area contributed by atoms with Crippen molar-refractivity contribution in [1.82, 2.24) is 20.1 Å². The first-order valence-electron chi connectivity index (χ1n) is 11.5. The smallest absolute Gasteiger partial charge is 0.477 e. The summed E-state index contributed by atoms with van der Waals surface area (Å²) in [5.74, 6) is -3.70. The molecule has 0 atom stereocenters. The van der Waals surface area contributed by atoms with Gasteiger partial charge in [-0.15, -0.1) is 0 Å². The van der Waals surface area contributed by atoms with Gasteiger partial charge < -0.3 is 15.5 Å². The molecule has 1 aliphatic carbocycles. The fourth-order valence-electron chi connectivity index (χ4n) is 3.97. The molecule has 0 unspecified atom stereocenters. The van der Waals surface area contributed by atoms with Crippen LogP contribution in [-0.2, 0) is 30.6 Å². The zero-order valence-electron chi connectivity index (χ0n) is 19.9. The molecule has 1 aromatic carbocycles. The fourth-order valence-corrected chi connectivity index (χ4v) is 3.97. The minimum atomic E-state index is -5.08. The molecular formula is C24H24F3N5O6. The van der Waals surface area contributed by atoms with Crippen LogP contribution >= 0.6 is 0 Å². The van der Waals surface area contributed by atoms with Crippen molar-refractivity contribution in [2.45, 2.75) is 38.4 Å². The molecule has 0 saturated carbocycles. The van der Waals surface area contributed by atoms with Gasteiger partial charge in [-0.1, -0.05) is 12.1 Å². The Balaban J connectivity index is 0.000000505. The number of carbonyl (C=O) groups is 2. The number of nitro benzene ring substituents is 1. The Bertz CT molecular complexity index is 1310. The summed E-state index contributed by atoms with van der Waals surface area (Å²) in [6.07, 6.45) is 1.38. The lowest BCUT2D eigenvalue weighted by Gasteiger charge is -2.14. The summed E-state index contributed by atoms with van der Waals surface area (Å²) in [5.41, 5.74) is 5.03. The summed E-state index contributed by atoms with van der Waals surface area (Å²) in [5, 5.41) is 35.5. The highest BCUT2D eigenvalue weighted by atomic mass is 19.4. The summed E-state index contributed by atoms with van der Waals surface area (Å²) >= 11 is 0. The average molecular weight is 535 g/mol. The van der Waals surface area contributed by atoms with Crippen molar-refractivity contribution in [2.75, 3.05) is 13.1 Å². The third kappa shape index (κ3) is 7.12. The van der Waals surface area contributed by atoms with Crippen molar-refractivity contribution >= 4 is 17.6 Å². The number of pyridine rings is 1. The monoisotopic (exact) mass is 535 g/mol. The van der Waals surface area contributed by atoms with E-state index >= 15 is 0 Å². The van der Waals surface area contributed by atoms with Crippen molar-refractivity contribution in [3.63, 3.8) is 0 Å². The number of non-ortho nitro benzene ring substituents is 1. The van der Waals surface area contributed by atoms with Gasteiger partial charge in [-0.2, -0.15) is 18.3 Å². The number of nitrogens with one attached hydrogen (secondary N) is 1. The highest BCUT2D eigenvalue weighted by Crippen LogP contribution is 2.34. The Hall–Kier alpha value is -4.33. The maximum atomic E-state index is 11.9. The Kier molecular flexibility index (Phi) is 9.12. The van der Waals surface area contributed by atoms with Crippen LogP contribution in [0.3, 0.4) is 0 Å². The maximum absolute atomic E-state index is 11.9. The topological polar surface area (TPSA) is 160 Å². The third-order valence-electron chi connectivity index (χ3n) is 5.76. The van der Waals surface area contributed by atoms with Gasteiger partial charge in [0.25, 0.3) is 5.69 Å². The molecule has 0 amide bonds. The number of carboxylic acid groups (broad SMARTS) is 2. The molecular weight excluding hydrogens is 511 g/mol. The number of hydrogen-bond donors (Lipinski definition) is 3. The van der Waals surface area contributed by atoms with Gasteiger partial charge in [-0.05, 0) is 56.0 Å². The molecule has 3 N–H and O–H groups in total. The van der Waals surface area contributed by atoms with Crippen LogP contribution in [0.2, 0.25) is 0 Å². The first-order valence-corrected chi connectivity index (χ1v) is 11.5. The molecule has 3 aromatic rings. The molecule has 2 aromatic heterocycles. The summed E-state index contributed by atoms with van der Waals surface area (Å²) in [4.78, 5) is 35.2. The lowest BCUT2D eigenvalue weighted by molar-refractivity contribution is -0.384. The third-order valence-corrected chi connectivity index (χ3v) is 5.76. The molecule has 0 spiro atoms. The highest BCUT2D eigenvalue weighted by Gasteiger charge is 2.38. The number of hydrogen-bond acceptors (Lipinski definition) is 7. The Labute approximate surface area is 214 Å². The predicted octanol–water partition coefficient (Wildman–Crippen LogP) is 3.51. The van der Waals surface area contributed by atoms with Gasteiger partial charge in [0.1, 0.15) is 5.69 Å². The van der Waals surface area contributed by atoms with Crippen molar-refractivity contribution in [3.8, 4) is 11.3 Å². The zero-order chi connectivity index (χ0) is 27.9. The summed E-state index contributed by atoms with van der Waals surface area (Å²) in [7, 11) is 0. The molecule has 0 fully saturated rings. The number of benzene rings is 1. The van der Waals surface area contributed by atoms with E-state index in [1.165, 1.54) is 12.1 Å². The van der Waals surface area contributed by atoms with E-state index in [9.17, 15) is 33.2 Å². The van der Waals surface area contributed by atoms with Gasteiger partial charge in [0.2, 0.25) is 0 Å². The second-order valence-electron chi connectivity index (χ2n) is 8.32. The normalized spacial score (nSPS) is 12.1. The van der Waals surface area contributed by atoms with Crippen LogP contribution in [0.25, 0.3) is 11.3 Å². The SMILES string of the molecule is O=C(O)C(F)(F)F.O=C(O)c1c2c(nn1CCCNCCc1ccc([N+](=O)[O-])cc1)-c1ccncc1CC2. The minimum Gasteiger partial charge on any atom is -0.477 e.